The Labute approximate surface area is 176 Å². The summed E-state index contributed by atoms with van der Waals surface area (Å²) in [6.07, 6.45) is -3.21. The lowest BCUT2D eigenvalue weighted by molar-refractivity contribution is -0.138. The van der Waals surface area contributed by atoms with E-state index in [0.29, 0.717) is 23.1 Å². The van der Waals surface area contributed by atoms with E-state index >= 15 is 0 Å². The number of fused-ring (bicyclic) bond motifs is 1. The van der Waals surface area contributed by atoms with Crippen molar-refractivity contribution in [3.8, 4) is 0 Å². The zero-order chi connectivity index (χ0) is 22.1. The second-order valence-corrected chi connectivity index (χ2v) is 8.45. The Balaban J connectivity index is 1.72. The second-order valence-electron chi connectivity index (χ2n) is 7.32. The third kappa shape index (κ3) is 4.90. The van der Waals surface area contributed by atoms with Crippen LogP contribution in [-0.4, -0.2) is 16.9 Å². The molecule has 0 fully saturated rings. The molecule has 7 heteroatoms. The van der Waals surface area contributed by atoms with Gasteiger partial charge in [0.2, 0.25) is 0 Å². The van der Waals surface area contributed by atoms with E-state index in [2.05, 4.69) is 0 Å². The summed E-state index contributed by atoms with van der Waals surface area (Å²) in [5, 5.41) is 9.59. The van der Waals surface area contributed by atoms with Crippen LogP contribution in [0.25, 0.3) is 10.1 Å². The van der Waals surface area contributed by atoms with Gasteiger partial charge in [-0.15, -0.1) is 11.3 Å². The van der Waals surface area contributed by atoms with Crippen molar-refractivity contribution in [1.29, 1.82) is 0 Å². The van der Waals surface area contributed by atoms with E-state index in [1.165, 1.54) is 17.4 Å². The molecule has 0 spiro atoms. The lowest BCUT2D eigenvalue weighted by Gasteiger charge is -2.07. The van der Waals surface area contributed by atoms with Gasteiger partial charge in [-0.3, -0.25) is 9.59 Å². The van der Waals surface area contributed by atoms with E-state index in [4.69, 9.17) is 5.11 Å². The van der Waals surface area contributed by atoms with E-state index < -0.39 is 17.7 Å². The molecule has 0 aliphatic carbocycles. The third-order valence-electron chi connectivity index (χ3n) is 5.22. The van der Waals surface area contributed by atoms with Crippen LogP contribution >= 0.6 is 11.3 Å². The van der Waals surface area contributed by atoms with Gasteiger partial charge in [0.05, 0.1) is 5.56 Å². The summed E-state index contributed by atoms with van der Waals surface area (Å²) in [6.45, 7) is 3.72. The molecule has 0 bridgehead atoms. The largest absolute Gasteiger partial charge is 0.481 e. The Morgan fingerprint density at radius 2 is 1.73 bits per heavy atom. The molecule has 2 aromatic carbocycles. The van der Waals surface area contributed by atoms with Crippen LogP contribution < -0.4 is 0 Å². The molecule has 0 saturated carbocycles. The molecule has 3 rings (SSSR count). The van der Waals surface area contributed by atoms with Crippen LogP contribution in [0.3, 0.4) is 0 Å². The number of hydrogen-bond donors (Lipinski definition) is 1. The zero-order valence-corrected chi connectivity index (χ0v) is 17.4. The van der Waals surface area contributed by atoms with Gasteiger partial charge in [-0.25, -0.2) is 0 Å². The first-order valence-corrected chi connectivity index (χ1v) is 10.3. The maximum atomic E-state index is 12.9. The molecule has 3 nitrogen and oxygen atoms in total. The molecule has 1 heterocycles. The van der Waals surface area contributed by atoms with Gasteiger partial charge >= 0.3 is 12.1 Å². The molecule has 1 aromatic heterocycles. The quantitative estimate of drug-likeness (QED) is 0.440. The number of ketones is 1. The topological polar surface area (TPSA) is 54.4 Å². The van der Waals surface area contributed by atoms with Gasteiger partial charge in [-0.05, 0) is 67.0 Å². The zero-order valence-electron chi connectivity index (χ0n) is 16.6. The first-order chi connectivity index (χ1) is 14.1. The highest BCUT2D eigenvalue weighted by Gasteiger charge is 2.30. The standard InChI is InChI=1S/C23H21F3O3S/c1-13-11-16(4-3-15(13)5-10-22(28)29)19(27)8-9-20-14(2)18-7-6-17(23(24,25)26)12-21(18)30-20/h3-4,6-7,11-12H,5,8-10H2,1-2H3,(H,28,29). The van der Waals surface area contributed by atoms with Crippen LogP contribution in [0.1, 0.15) is 50.3 Å². The molecule has 0 amide bonds. The molecular weight excluding hydrogens is 413 g/mol. The normalized spacial score (nSPS) is 11.8. The van der Waals surface area contributed by atoms with Crippen LogP contribution in [0.2, 0.25) is 0 Å². The summed E-state index contributed by atoms with van der Waals surface area (Å²) in [7, 11) is 0. The predicted molar refractivity (Wildman–Crippen MR) is 111 cm³/mol. The lowest BCUT2D eigenvalue weighted by atomic mass is 9.97. The number of rotatable bonds is 7. The van der Waals surface area contributed by atoms with Crippen LogP contribution in [0.5, 0.6) is 0 Å². The van der Waals surface area contributed by atoms with Gasteiger partial charge in [-0.2, -0.15) is 13.2 Å². The molecule has 0 radical (unpaired) electrons. The fourth-order valence-corrected chi connectivity index (χ4v) is 4.70. The van der Waals surface area contributed by atoms with Crippen molar-refractivity contribution in [2.24, 2.45) is 0 Å². The SMILES string of the molecule is Cc1cc(C(=O)CCc2sc3cc(C(F)(F)F)ccc3c2C)ccc1CCC(=O)O. The molecular formula is C23H21F3O3S. The maximum Gasteiger partial charge on any atom is 0.416 e. The van der Waals surface area contributed by atoms with Crippen molar-refractivity contribution in [2.75, 3.05) is 0 Å². The van der Waals surface area contributed by atoms with Crippen molar-refractivity contribution in [3.63, 3.8) is 0 Å². The minimum atomic E-state index is -4.38. The van der Waals surface area contributed by atoms with Gasteiger partial charge < -0.3 is 5.11 Å². The Bertz CT molecular complexity index is 1110. The number of thiophene rings is 1. The average molecular weight is 434 g/mol. The summed E-state index contributed by atoms with van der Waals surface area (Å²) in [4.78, 5) is 24.3. The molecule has 0 aliphatic heterocycles. The number of Topliss-reactive ketones (excluding diaryl/α,β-unsaturated/α-hetero) is 1. The number of carboxylic acids is 1. The van der Waals surface area contributed by atoms with Crippen molar-refractivity contribution >= 4 is 33.2 Å². The summed E-state index contributed by atoms with van der Waals surface area (Å²) < 4.78 is 39.4. The smallest absolute Gasteiger partial charge is 0.416 e. The van der Waals surface area contributed by atoms with Gasteiger partial charge in [-0.1, -0.05) is 18.2 Å². The lowest BCUT2D eigenvalue weighted by Crippen LogP contribution is -2.04. The van der Waals surface area contributed by atoms with Crippen molar-refractivity contribution in [1.82, 2.24) is 0 Å². The van der Waals surface area contributed by atoms with E-state index in [9.17, 15) is 22.8 Å². The minimum Gasteiger partial charge on any atom is -0.481 e. The van der Waals surface area contributed by atoms with Crippen LogP contribution in [0.15, 0.2) is 36.4 Å². The minimum absolute atomic E-state index is 0.0371. The number of aliphatic carboxylic acids is 1. The third-order valence-corrected chi connectivity index (χ3v) is 6.53. The Morgan fingerprint density at radius 3 is 2.37 bits per heavy atom. The van der Waals surface area contributed by atoms with E-state index in [1.807, 2.05) is 13.8 Å². The highest BCUT2D eigenvalue weighted by molar-refractivity contribution is 7.19. The summed E-state index contributed by atoms with van der Waals surface area (Å²) in [5.74, 6) is -0.911. The first kappa shape index (κ1) is 22.0. The Hall–Kier alpha value is -2.67. The van der Waals surface area contributed by atoms with Gasteiger partial charge in [0, 0.05) is 28.0 Å². The number of aryl methyl sites for hydroxylation is 4. The summed E-state index contributed by atoms with van der Waals surface area (Å²) >= 11 is 1.30. The van der Waals surface area contributed by atoms with Gasteiger partial charge in [0.25, 0.3) is 0 Å². The summed E-state index contributed by atoms with van der Waals surface area (Å²) in [5.41, 5.74) is 2.58. The number of hydrogen-bond acceptors (Lipinski definition) is 3. The number of carboxylic acid groups (broad SMARTS) is 1. The first-order valence-electron chi connectivity index (χ1n) is 9.50. The number of benzene rings is 2. The number of carbonyl (C=O) groups is 2. The van der Waals surface area contributed by atoms with Crippen molar-refractivity contribution < 1.29 is 27.9 Å². The van der Waals surface area contributed by atoms with Crippen LogP contribution in [-0.2, 0) is 23.8 Å². The molecule has 3 aromatic rings. The second kappa shape index (κ2) is 8.60. The number of alkyl halides is 3. The van der Waals surface area contributed by atoms with Gasteiger partial charge in [0.15, 0.2) is 5.78 Å². The molecule has 0 atom stereocenters. The predicted octanol–water partition coefficient (Wildman–Crippen LogP) is 6.37. The molecule has 30 heavy (non-hydrogen) atoms. The van der Waals surface area contributed by atoms with E-state index in [1.54, 1.807) is 18.2 Å². The highest BCUT2D eigenvalue weighted by atomic mass is 32.1. The molecule has 0 unspecified atom stereocenters. The monoisotopic (exact) mass is 434 g/mol. The average Bonchev–Trinajstić information content (AvgIpc) is 2.99. The van der Waals surface area contributed by atoms with E-state index in [0.717, 1.165) is 39.1 Å². The van der Waals surface area contributed by atoms with Crippen molar-refractivity contribution in [2.45, 2.75) is 45.7 Å². The number of carbonyl (C=O) groups excluding carboxylic acids is 1. The highest BCUT2D eigenvalue weighted by Crippen LogP contribution is 2.37. The van der Waals surface area contributed by atoms with Crippen LogP contribution in [0.4, 0.5) is 13.2 Å². The Morgan fingerprint density at radius 1 is 1.00 bits per heavy atom. The summed E-state index contributed by atoms with van der Waals surface area (Å²) in [6, 6.07) is 9.01. The van der Waals surface area contributed by atoms with Gasteiger partial charge in [0.1, 0.15) is 0 Å². The van der Waals surface area contributed by atoms with E-state index in [-0.39, 0.29) is 18.6 Å². The number of halogens is 3. The molecule has 158 valence electrons. The fourth-order valence-electron chi connectivity index (χ4n) is 3.45. The Kier molecular flexibility index (Phi) is 6.31. The molecule has 0 aliphatic rings. The van der Waals surface area contributed by atoms with Crippen LogP contribution in [0, 0.1) is 13.8 Å². The maximum absolute atomic E-state index is 12.9. The van der Waals surface area contributed by atoms with Crippen molar-refractivity contribution in [3.05, 3.63) is 69.1 Å². The fraction of sp³-hybridized carbons (Fsp3) is 0.304. The molecule has 1 N–H and O–H groups in total. The molecule has 0 saturated heterocycles.